The molecule has 114 valence electrons. The summed E-state index contributed by atoms with van der Waals surface area (Å²) in [5.41, 5.74) is 5.49. The molecule has 3 N–H and O–H groups in total. The van der Waals surface area contributed by atoms with E-state index in [9.17, 15) is 8.42 Å². The second-order valence-corrected chi connectivity index (χ2v) is 6.92. The summed E-state index contributed by atoms with van der Waals surface area (Å²) in [5, 5.41) is 6.43. The van der Waals surface area contributed by atoms with Crippen molar-refractivity contribution >= 4 is 10.0 Å². The second kappa shape index (κ2) is 7.16. The number of aromatic amines is 1. The lowest BCUT2D eigenvalue weighted by atomic mass is 10.3. The minimum atomic E-state index is -3.42. The average molecular weight is 301 g/mol. The zero-order chi connectivity index (χ0) is 14.4. The molecule has 0 atom stereocenters. The number of sulfonamides is 1. The lowest BCUT2D eigenvalue weighted by molar-refractivity contribution is 0.281. The summed E-state index contributed by atoms with van der Waals surface area (Å²) in [6.45, 7) is 4.53. The van der Waals surface area contributed by atoms with E-state index in [0.717, 1.165) is 38.9 Å². The molecule has 0 spiro atoms. The molecule has 7 nitrogen and oxygen atoms in total. The maximum Gasteiger partial charge on any atom is 0.260 e. The summed E-state index contributed by atoms with van der Waals surface area (Å²) < 4.78 is 26.3. The van der Waals surface area contributed by atoms with Crippen LogP contribution in [0, 0.1) is 0 Å². The first-order valence-corrected chi connectivity index (χ1v) is 8.50. The van der Waals surface area contributed by atoms with Crippen molar-refractivity contribution in [2.75, 3.05) is 39.3 Å². The molecule has 1 aliphatic heterocycles. The molecule has 0 unspecified atom stereocenters. The minimum Gasteiger partial charge on any atom is -0.330 e. The zero-order valence-electron chi connectivity index (χ0n) is 11.7. The van der Waals surface area contributed by atoms with Gasteiger partial charge in [0.2, 0.25) is 0 Å². The number of unbranched alkanes of at least 4 members (excludes halogenated alkanes) is 1. The van der Waals surface area contributed by atoms with Gasteiger partial charge in [-0.2, -0.15) is 9.40 Å². The molecular formula is C12H23N5O2S. The highest BCUT2D eigenvalue weighted by molar-refractivity contribution is 7.89. The van der Waals surface area contributed by atoms with E-state index in [1.54, 1.807) is 4.31 Å². The van der Waals surface area contributed by atoms with Crippen LogP contribution in [0.1, 0.15) is 19.3 Å². The number of H-pyrrole nitrogens is 1. The molecule has 1 aromatic heterocycles. The van der Waals surface area contributed by atoms with Crippen molar-refractivity contribution in [3.05, 3.63) is 12.3 Å². The first-order valence-electron chi connectivity index (χ1n) is 7.06. The number of aromatic nitrogens is 2. The quantitative estimate of drug-likeness (QED) is 0.712. The van der Waals surface area contributed by atoms with Gasteiger partial charge in [0, 0.05) is 19.6 Å². The zero-order valence-corrected chi connectivity index (χ0v) is 12.5. The van der Waals surface area contributed by atoms with E-state index >= 15 is 0 Å². The van der Waals surface area contributed by atoms with Crippen LogP contribution < -0.4 is 5.73 Å². The Morgan fingerprint density at radius 2 is 2.10 bits per heavy atom. The summed E-state index contributed by atoms with van der Waals surface area (Å²) >= 11 is 0. The van der Waals surface area contributed by atoms with Crippen LogP contribution in [-0.2, 0) is 10.0 Å². The van der Waals surface area contributed by atoms with Gasteiger partial charge in [-0.05, 0) is 45.0 Å². The normalized spacial score (nSPS) is 19.1. The van der Waals surface area contributed by atoms with Crippen LogP contribution >= 0.6 is 0 Å². The van der Waals surface area contributed by atoms with Crippen LogP contribution in [0.2, 0.25) is 0 Å². The molecule has 2 heterocycles. The van der Waals surface area contributed by atoms with Crippen molar-refractivity contribution in [1.29, 1.82) is 0 Å². The number of rotatable bonds is 6. The van der Waals surface area contributed by atoms with Gasteiger partial charge in [-0.15, -0.1) is 0 Å². The average Bonchev–Trinajstić information content (AvgIpc) is 2.87. The van der Waals surface area contributed by atoms with Crippen LogP contribution in [0.3, 0.4) is 0 Å². The third-order valence-corrected chi connectivity index (χ3v) is 5.40. The third kappa shape index (κ3) is 3.78. The largest absolute Gasteiger partial charge is 0.330 e. The fourth-order valence-corrected chi connectivity index (χ4v) is 3.79. The van der Waals surface area contributed by atoms with Gasteiger partial charge in [-0.1, -0.05) is 0 Å². The van der Waals surface area contributed by atoms with Gasteiger partial charge in [0.25, 0.3) is 10.0 Å². The Morgan fingerprint density at radius 1 is 1.25 bits per heavy atom. The fraction of sp³-hybridized carbons (Fsp3) is 0.750. The van der Waals surface area contributed by atoms with Gasteiger partial charge < -0.3 is 10.6 Å². The van der Waals surface area contributed by atoms with Crippen molar-refractivity contribution in [1.82, 2.24) is 19.4 Å². The SMILES string of the molecule is NCCCCN1CCCN(S(=O)(=O)c2ccn[nH]2)CC1. The molecule has 2 rings (SSSR count). The molecule has 8 heteroatoms. The highest BCUT2D eigenvalue weighted by Gasteiger charge is 2.27. The predicted molar refractivity (Wildman–Crippen MR) is 76.7 cm³/mol. The van der Waals surface area contributed by atoms with Crippen molar-refractivity contribution in [2.24, 2.45) is 5.73 Å². The third-order valence-electron chi connectivity index (χ3n) is 3.57. The standard InChI is InChI=1S/C12H23N5O2S/c13-5-1-2-7-16-8-3-9-17(11-10-16)20(18,19)12-4-6-14-15-12/h4,6H,1-3,5,7-11,13H2,(H,14,15). The minimum absolute atomic E-state index is 0.175. The molecule has 0 radical (unpaired) electrons. The lowest BCUT2D eigenvalue weighted by Gasteiger charge is -2.21. The van der Waals surface area contributed by atoms with Crippen LogP contribution in [0.15, 0.2) is 17.3 Å². The van der Waals surface area contributed by atoms with E-state index < -0.39 is 10.0 Å². The maximum absolute atomic E-state index is 12.4. The second-order valence-electron chi connectivity index (χ2n) is 5.02. The Labute approximate surface area is 120 Å². The summed E-state index contributed by atoms with van der Waals surface area (Å²) in [5.74, 6) is 0. The highest BCUT2D eigenvalue weighted by Crippen LogP contribution is 2.15. The molecule has 0 saturated carbocycles. The van der Waals surface area contributed by atoms with E-state index in [1.807, 2.05) is 0 Å². The van der Waals surface area contributed by atoms with Gasteiger partial charge in [0.1, 0.15) is 0 Å². The first kappa shape index (κ1) is 15.4. The smallest absolute Gasteiger partial charge is 0.260 e. The van der Waals surface area contributed by atoms with E-state index in [1.165, 1.54) is 12.3 Å². The van der Waals surface area contributed by atoms with Gasteiger partial charge in [-0.3, -0.25) is 5.10 Å². The van der Waals surface area contributed by atoms with E-state index in [0.29, 0.717) is 19.6 Å². The Kier molecular flexibility index (Phi) is 5.53. The monoisotopic (exact) mass is 301 g/mol. The van der Waals surface area contributed by atoms with Crippen molar-refractivity contribution < 1.29 is 8.42 Å². The number of nitrogens with two attached hydrogens (primary N) is 1. The topological polar surface area (TPSA) is 95.3 Å². The number of nitrogens with one attached hydrogen (secondary N) is 1. The van der Waals surface area contributed by atoms with E-state index in [-0.39, 0.29) is 5.03 Å². The van der Waals surface area contributed by atoms with Crippen LogP contribution in [0.4, 0.5) is 0 Å². The summed E-state index contributed by atoms with van der Waals surface area (Å²) in [6, 6.07) is 1.50. The maximum atomic E-state index is 12.4. The molecule has 1 aliphatic rings. The number of hydrogen-bond donors (Lipinski definition) is 2. The molecule has 1 aromatic rings. The van der Waals surface area contributed by atoms with Crippen LogP contribution in [0.5, 0.6) is 0 Å². The van der Waals surface area contributed by atoms with Gasteiger partial charge >= 0.3 is 0 Å². The van der Waals surface area contributed by atoms with E-state index in [2.05, 4.69) is 15.1 Å². The van der Waals surface area contributed by atoms with Crippen molar-refractivity contribution in [3.63, 3.8) is 0 Å². The molecule has 1 fully saturated rings. The number of hydrogen-bond acceptors (Lipinski definition) is 5. The van der Waals surface area contributed by atoms with Crippen molar-refractivity contribution in [3.8, 4) is 0 Å². The molecule has 1 saturated heterocycles. The predicted octanol–water partition coefficient (Wildman–Crippen LogP) is -0.155. The Balaban J connectivity index is 1.93. The summed E-state index contributed by atoms with van der Waals surface area (Å²) in [6.07, 6.45) is 4.41. The van der Waals surface area contributed by atoms with Crippen molar-refractivity contribution in [2.45, 2.75) is 24.3 Å². The Bertz CT molecular complexity index is 488. The molecule has 20 heavy (non-hydrogen) atoms. The van der Waals surface area contributed by atoms with E-state index in [4.69, 9.17) is 5.73 Å². The first-order chi connectivity index (χ1) is 9.64. The lowest BCUT2D eigenvalue weighted by Crippen LogP contribution is -2.35. The Morgan fingerprint density at radius 3 is 2.80 bits per heavy atom. The van der Waals surface area contributed by atoms with Crippen LogP contribution in [-0.4, -0.2) is 67.1 Å². The fourth-order valence-electron chi connectivity index (χ4n) is 2.42. The summed E-state index contributed by atoms with van der Waals surface area (Å²) in [7, 11) is -3.42. The highest BCUT2D eigenvalue weighted by atomic mass is 32.2. The van der Waals surface area contributed by atoms with Gasteiger partial charge in [-0.25, -0.2) is 8.42 Å². The van der Waals surface area contributed by atoms with Crippen LogP contribution in [0.25, 0.3) is 0 Å². The molecular weight excluding hydrogens is 278 g/mol. The molecule has 0 bridgehead atoms. The molecule has 0 aromatic carbocycles. The molecule has 0 amide bonds. The molecule has 0 aliphatic carbocycles. The van der Waals surface area contributed by atoms with Gasteiger partial charge in [0.15, 0.2) is 5.03 Å². The summed E-state index contributed by atoms with van der Waals surface area (Å²) in [4.78, 5) is 2.32. The number of nitrogens with zero attached hydrogens (tertiary/aromatic N) is 3. The Hall–Kier alpha value is -0.960. The van der Waals surface area contributed by atoms with Gasteiger partial charge in [0.05, 0.1) is 6.20 Å².